The molecule has 0 N–H and O–H groups in total. The van der Waals surface area contributed by atoms with Gasteiger partial charge in [0, 0.05) is 19.0 Å². The number of nitrogens with zero attached hydrogens (tertiary/aromatic N) is 1. The van der Waals surface area contributed by atoms with Crippen molar-refractivity contribution in [2.45, 2.75) is 32.4 Å². The second-order valence-electron chi connectivity index (χ2n) is 5.04. The van der Waals surface area contributed by atoms with Gasteiger partial charge in [-0.15, -0.1) is 0 Å². The predicted octanol–water partition coefficient (Wildman–Crippen LogP) is 2.41. The van der Waals surface area contributed by atoms with Crippen LogP contribution in [0.5, 0.6) is 0 Å². The largest absolute Gasteiger partial charge is 0.456 e. The molecule has 1 aliphatic heterocycles. The van der Waals surface area contributed by atoms with Crippen molar-refractivity contribution < 1.29 is 14.3 Å². The second kappa shape index (κ2) is 5.90. The summed E-state index contributed by atoms with van der Waals surface area (Å²) in [6, 6.07) is 8.93. The minimum absolute atomic E-state index is 0.0391. The number of carbonyl (C=O) groups is 2. The van der Waals surface area contributed by atoms with Crippen LogP contribution >= 0.6 is 0 Å². The lowest BCUT2D eigenvalue weighted by atomic mass is 9.94. The van der Waals surface area contributed by atoms with E-state index in [2.05, 4.69) is 6.58 Å². The van der Waals surface area contributed by atoms with E-state index >= 15 is 0 Å². The first kappa shape index (κ1) is 14.3. The van der Waals surface area contributed by atoms with Crippen LogP contribution in [0.4, 0.5) is 0 Å². The molecule has 1 heterocycles. The maximum atomic E-state index is 12.5. The van der Waals surface area contributed by atoms with Gasteiger partial charge in [-0.25, -0.2) is 0 Å². The van der Waals surface area contributed by atoms with Crippen molar-refractivity contribution in [2.75, 3.05) is 6.54 Å². The molecule has 0 unspecified atom stereocenters. The van der Waals surface area contributed by atoms with Crippen molar-refractivity contribution in [3.8, 4) is 0 Å². The highest BCUT2D eigenvalue weighted by Crippen LogP contribution is 2.25. The van der Waals surface area contributed by atoms with Crippen LogP contribution in [-0.4, -0.2) is 35.5 Å². The Hall–Kier alpha value is -2.10. The Morgan fingerprint density at radius 3 is 2.55 bits per heavy atom. The molecule has 4 nitrogen and oxygen atoms in total. The fourth-order valence-corrected chi connectivity index (χ4v) is 2.51. The summed E-state index contributed by atoms with van der Waals surface area (Å²) in [6.07, 6.45) is 0.231. The first-order chi connectivity index (χ1) is 9.50. The summed E-state index contributed by atoms with van der Waals surface area (Å²) in [5.41, 5.74) is 1.51. The third kappa shape index (κ3) is 2.90. The zero-order chi connectivity index (χ0) is 14.7. The van der Waals surface area contributed by atoms with E-state index in [4.69, 9.17) is 4.74 Å². The number of esters is 1. The van der Waals surface area contributed by atoms with Gasteiger partial charge in [0.15, 0.2) is 0 Å². The van der Waals surface area contributed by atoms with Gasteiger partial charge in [0.2, 0.25) is 0 Å². The number of piperidine rings is 1. The minimum atomic E-state index is -0.422. The number of likely N-dealkylation sites (tertiary alicyclic amines) is 1. The maximum Gasteiger partial charge on any atom is 0.303 e. The molecule has 1 aromatic rings. The molecule has 2 atom stereocenters. The Bertz CT molecular complexity index is 524. The SMILES string of the molecule is C=C1CCN(C(=O)c2ccccc2)[C@@H](C)[C@H]1OC(C)=O. The van der Waals surface area contributed by atoms with Crippen LogP contribution in [0.15, 0.2) is 42.5 Å². The molecule has 1 saturated heterocycles. The molecule has 4 heteroatoms. The van der Waals surface area contributed by atoms with Crippen LogP contribution in [-0.2, 0) is 9.53 Å². The maximum absolute atomic E-state index is 12.5. The number of amides is 1. The average Bonchev–Trinajstić information content (AvgIpc) is 2.43. The van der Waals surface area contributed by atoms with E-state index in [1.54, 1.807) is 17.0 Å². The van der Waals surface area contributed by atoms with Gasteiger partial charge in [0.25, 0.3) is 5.91 Å². The second-order valence-corrected chi connectivity index (χ2v) is 5.04. The van der Waals surface area contributed by atoms with Crippen LogP contribution < -0.4 is 0 Å². The van der Waals surface area contributed by atoms with Gasteiger partial charge in [-0.05, 0) is 31.1 Å². The molecule has 0 aliphatic carbocycles. The van der Waals surface area contributed by atoms with Crippen LogP contribution in [0.25, 0.3) is 0 Å². The summed E-state index contributed by atoms with van der Waals surface area (Å²) in [5.74, 6) is -0.389. The Morgan fingerprint density at radius 2 is 1.95 bits per heavy atom. The lowest BCUT2D eigenvalue weighted by Crippen LogP contribution is -2.51. The van der Waals surface area contributed by atoms with Gasteiger partial charge in [-0.3, -0.25) is 9.59 Å². The van der Waals surface area contributed by atoms with Gasteiger partial charge in [-0.2, -0.15) is 0 Å². The third-order valence-electron chi connectivity index (χ3n) is 3.58. The van der Waals surface area contributed by atoms with Gasteiger partial charge in [0.1, 0.15) is 6.10 Å². The van der Waals surface area contributed by atoms with Crippen molar-refractivity contribution in [2.24, 2.45) is 0 Å². The van der Waals surface area contributed by atoms with E-state index in [9.17, 15) is 9.59 Å². The van der Waals surface area contributed by atoms with Gasteiger partial charge in [0.05, 0.1) is 6.04 Å². The third-order valence-corrected chi connectivity index (χ3v) is 3.58. The molecule has 0 aromatic heterocycles. The standard InChI is InChI=1S/C16H19NO3/c1-11-9-10-17(12(2)15(11)20-13(3)18)16(19)14-7-5-4-6-8-14/h4-8,12,15H,1,9-10H2,2-3H3/t12-,15-/m0/s1. The number of ether oxygens (including phenoxy) is 1. The lowest BCUT2D eigenvalue weighted by Gasteiger charge is -2.40. The molecule has 1 amide bonds. The zero-order valence-corrected chi connectivity index (χ0v) is 11.8. The topological polar surface area (TPSA) is 46.6 Å². The highest BCUT2D eigenvalue weighted by molar-refractivity contribution is 5.94. The summed E-state index contributed by atoms with van der Waals surface area (Å²) < 4.78 is 5.30. The number of rotatable bonds is 2. The highest BCUT2D eigenvalue weighted by atomic mass is 16.5. The van der Waals surface area contributed by atoms with Gasteiger partial charge < -0.3 is 9.64 Å². The molecular formula is C16H19NO3. The van der Waals surface area contributed by atoms with Crippen molar-refractivity contribution in [1.29, 1.82) is 0 Å². The predicted molar refractivity (Wildman–Crippen MR) is 76.3 cm³/mol. The van der Waals surface area contributed by atoms with Gasteiger partial charge >= 0.3 is 5.97 Å². The molecule has 1 aromatic carbocycles. The van der Waals surface area contributed by atoms with E-state index in [1.807, 2.05) is 25.1 Å². The van der Waals surface area contributed by atoms with Crippen molar-refractivity contribution in [1.82, 2.24) is 4.90 Å². The Kier molecular flexibility index (Phi) is 4.23. The normalized spacial score (nSPS) is 22.5. The molecule has 0 spiro atoms. The Balaban J connectivity index is 2.18. The summed E-state index contributed by atoms with van der Waals surface area (Å²) >= 11 is 0. The highest BCUT2D eigenvalue weighted by Gasteiger charge is 2.35. The van der Waals surface area contributed by atoms with Crippen LogP contribution in [0.2, 0.25) is 0 Å². The van der Waals surface area contributed by atoms with Crippen LogP contribution in [0.1, 0.15) is 30.6 Å². The number of hydrogen-bond acceptors (Lipinski definition) is 3. The van der Waals surface area contributed by atoms with Gasteiger partial charge in [-0.1, -0.05) is 24.8 Å². The van der Waals surface area contributed by atoms with E-state index in [0.717, 1.165) is 5.57 Å². The molecule has 1 fully saturated rings. The van der Waals surface area contributed by atoms with E-state index in [0.29, 0.717) is 18.5 Å². The fraction of sp³-hybridized carbons (Fsp3) is 0.375. The van der Waals surface area contributed by atoms with Crippen molar-refractivity contribution in [3.63, 3.8) is 0 Å². The van der Waals surface area contributed by atoms with Crippen LogP contribution in [0, 0.1) is 0 Å². The molecule has 0 saturated carbocycles. The molecule has 20 heavy (non-hydrogen) atoms. The minimum Gasteiger partial charge on any atom is -0.456 e. The lowest BCUT2D eigenvalue weighted by molar-refractivity contribution is -0.147. The first-order valence-electron chi connectivity index (χ1n) is 6.71. The summed E-state index contributed by atoms with van der Waals surface area (Å²) in [6.45, 7) is 7.81. The summed E-state index contributed by atoms with van der Waals surface area (Å²) in [7, 11) is 0. The first-order valence-corrected chi connectivity index (χ1v) is 6.71. The smallest absolute Gasteiger partial charge is 0.303 e. The zero-order valence-electron chi connectivity index (χ0n) is 11.8. The van der Waals surface area contributed by atoms with Crippen molar-refractivity contribution >= 4 is 11.9 Å². The number of hydrogen-bond donors (Lipinski definition) is 0. The molecule has 0 bridgehead atoms. The molecule has 2 rings (SSSR count). The number of carbonyl (C=O) groups excluding carboxylic acids is 2. The van der Waals surface area contributed by atoms with E-state index in [1.165, 1.54) is 6.92 Å². The monoisotopic (exact) mass is 273 g/mol. The average molecular weight is 273 g/mol. The number of benzene rings is 1. The Labute approximate surface area is 119 Å². The van der Waals surface area contributed by atoms with Crippen LogP contribution in [0.3, 0.4) is 0 Å². The van der Waals surface area contributed by atoms with E-state index < -0.39 is 6.10 Å². The molecule has 106 valence electrons. The summed E-state index contributed by atoms with van der Waals surface area (Å²) in [5, 5.41) is 0. The summed E-state index contributed by atoms with van der Waals surface area (Å²) in [4.78, 5) is 25.4. The Morgan fingerprint density at radius 1 is 1.30 bits per heavy atom. The van der Waals surface area contributed by atoms with E-state index in [-0.39, 0.29) is 17.9 Å². The fourth-order valence-electron chi connectivity index (χ4n) is 2.51. The quantitative estimate of drug-likeness (QED) is 0.614. The van der Waals surface area contributed by atoms with Crippen molar-refractivity contribution in [3.05, 3.63) is 48.0 Å². The molecule has 1 aliphatic rings. The molecule has 0 radical (unpaired) electrons. The molecular weight excluding hydrogens is 254 g/mol.